The summed E-state index contributed by atoms with van der Waals surface area (Å²) in [6.45, 7) is 0.901. The molecule has 1 aromatic rings. The molecule has 110 valence electrons. The van der Waals surface area contributed by atoms with Crippen molar-refractivity contribution >= 4 is 17.9 Å². The number of hydrogen-bond donors (Lipinski definition) is 4. The van der Waals surface area contributed by atoms with Crippen LogP contribution >= 0.6 is 0 Å². The van der Waals surface area contributed by atoms with Crippen LogP contribution in [0.4, 0.5) is 4.79 Å². The number of aromatic nitrogens is 3. The zero-order valence-corrected chi connectivity index (χ0v) is 10.7. The van der Waals surface area contributed by atoms with Gasteiger partial charge in [0.2, 0.25) is 5.91 Å². The molecule has 0 radical (unpaired) electrons. The molecule has 0 fully saturated rings. The molecule has 10 nitrogen and oxygen atoms in total. The summed E-state index contributed by atoms with van der Waals surface area (Å²) in [5.41, 5.74) is 4.89. The van der Waals surface area contributed by atoms with E-state index in [9.17, 15) is 14.4 Å². The van der Waals surface area contributed by atoms with Gasteiger partial charge >= 0.3 is 12.0 Å². The van der Waals surface area contributed by atoms with Crippen LogP contribution in [0, 0.1) is 0 Å². The molecule has 0 unspecified atom stereocenters. The van der Waals surface area contributed by atoms with Crippen molar-refractivity contribution in [2.24, 2.45) is 5.73 Å². The van der Waals surface area contributed by atoms with Gasteiger partial charge < -0.3 is 21.5 Å². The smallest absolute Gasteiger partial charge is 0.326 e. The Balaban J connectivity index is 2.24. The number of carbonyl (C=O) groups is 3. The first kappa shape index (κ1) is 15.4. The molecular weight excluding hydrogens is 268 g/mol. The van der Waals surface area contributed by atoms with Gasteiger partial charge in [0, 0.05) is 19.3 Å². The fourth-order valence-electron chi connectivity index (χ4n) is 1.41. The Kier molecular flexibility index (Phi) is 5.94. The van der Waals surface area contributed by atoms with Crippen LogP contribution in [0.5, 0.6) is 0 Å². The molecule has 0 aliphatic rings. The van der Waals surface area contributed by atoms with Crippen LogP contribution < -0.4 is 16.4 Å². The lowest BCUT2D eigenvalue weighted by Gasteiger charge is -2.13. The minimum Gasteiger partial charge on any atom is -0.480 e. The zero-order valence-electron chi connectivity index (χ0n) is 10.7. The summed E-state index contributed by atoms with van der Waals surface area (Å²) in [5.74, 6) is -2.12. The second-order valence-corrected chi connectivity index (χ2v) is 3.98. The summed E-state index contributed by atoms with van der Waals surface area (Å²) in [5, 5.41) is 20.8. The van der Waals surface area contributed by atoms with E-state index >= 15 is 0 Å². The first-order valence-electron chi connectivity index (χ1n) is 5.88. The highest BCUT2D eigenvalue weighted by Crippen LogP contribution is 1.92. The number of nitrogens with two attached hydrogens (primary N) is 1. The molecule has 1 rings (SSSR count). The molecule has 0 saturated heterocycles. The maximum Gasteiger partial charge on any atom is 0.326 e. The van der Waals surface area contributed by atoms with Crippen molar-refractivity contribution < 1.29 is 19.5 Å². The molecular formula is C10H16N6O4. The van der Waals surface area contributed by atoms with E-state index in [4.69, 9.17) is 10.8 Å². The molecule has 3 amide bonds. The number of rotatable bonds is 8. The molecule has 0 bridgehead atoms. The molecule has 0 saturated carbocycles. The van der Waals surface area contributed by atoms with Gasteiger partial charge in [0.15, 0.2) is 0 Å². The summed E-state index contributed by atoms with van der Waals surface area (Å²) in [6, 6.07) is -2.00. The number of carbonyl (C=O) groups excluding carboxylic acids is 2. The van der Waals surface area contributed by atoms with Gasteiger partial charge in [-0.15, -0.1) is 5.10 Å². The fourth-order valence-corrected chi connectivity index (χ4v) is 1.41. The number of carboxylic acids is 1. The molecule has 10 heteroatoms. The summed E-state index contributed by atoms with van der Waals surface area (Å²) >= 11 is 0. The first-order chi connectivity index (χ1) is 9.49. The number of aryl methyl sites for hydroxylation is 1. The van der Waals surface area contributed by atoms with Crippen LogP contribution in [0.15, 0.2) is 12.4 Å². The van der Waals surface area contributed by atoms with Crippen LogP contribution in [-0.4, -0.2) is 50.6 Å². The number of hydrogen-bond acceptors (Lipinski definition) is 5. The van der Waals surface area contributed by atoms with E-state index in [1.165, 1.54) is 0 Å². The van der Waals surface area contributed by atoms with Gasteiger partial charge in [-0.3, -0.25) is 9.48 Å². The second-order valence-electron chi connectivity index (χ2n) is 3.98. The van der Waals surface area contributed by atoms with Crippen LogP contribution in [0.3, 0.4) is 0 Å². The second kappa shape index (κ2) is 7.71. The van der Waals surface area contributed by atoms with E-state index in [0.29, 0.717) is 19.5 Å². The molecule has 20 heavy (non-hydrogen) atoms. The normalized spacial score (nSPS) is 11.6. The summed E-state index contributed by atoms with van der Waals surface area (Å²) in [6.07, 6.45) is 3.38. The van der Waals surface area contributed by atoms with Crippen LogP contribution in [0.1, 0.15) is 12.8 Å². The maximum atomic E-state index is 11.4. The summed E-state index contributed by atoms with van der Waals surface area (Å²) in [7, 11) is 0. The first-order valence-corrected chi connectivity index (χ1v) is 5.88. The van der Waals surface area contributed by atoms with Crippen molar-refractivity contribution in [2.75, 3.05) is 6.54 Å². The summed E-state index contributed by atoms with van der Waals surface area (Å²) < 4.78 is 1.60. The van der Waals surface area contributed by atoms with Crippen molar-refractivity contribution in [3.05, 3.63) is 12.4 Å². The number of nitrogens with one attached hydrogen (secondary N) is 2. The van der Waals surface area contributed by atoms with Gasteiger partial charge in [0.25, 0.3) is 0 Å². The lowest BCUT2D eigenvalue weighted by Crippen LogP contribution is -2.47. The highest BCUT2D eigenvalue weighted by Gasteiger charge is 2.21. The highest BCUT2D eigenvalue weighted by molar-refractivity contribution is 5.87. The third kappa shape index (κ3) is 5.80. The van der Waals surface area contributed by atoms with E-state index in [-0.39, 0.29) is 0 Å². The number of urea groups is 1. The van der Waals surface area contributed by atoms with Crippen LogP contribution in [0.2, 0.25) is 0 Å². The minimum atomic E-state index is -1.33. The Morgan fingerprint density at radius 3 is 2.70 bits per heavy atom. The molecule has 0 aromatic carbocycles. The topological polar surface area (TPSA) is 152 Å². The van der Waals surface area contributed by atoms with Crippen molar-refractivity contribution in [3.8, 4) is 0 Å². The number of amides is 3. The summed E-state index contributed by atoms with van der Waals surface area (Å²) in [4.78, 5) is 32.9. The van der Waals surface area contributed by atoms with Gasteiger partial charge in [0.1, 0.15) is 6.04 Å². The zero-order chi connectivity index (χ0) is 15.0. The third-order valence-electron chi connectivity index (χ3n) is 2.33. The largest absolute Gasteiger partial charge is 0.480 e. The molecule has 0 aliphatic carbocycles. The Morgan fingerprint density at radius 2 is 2.15 bits per heavy atom. The molecule has 5 N–H and O–H groups in total. The Morgan fingerprint density at radius 1 is 1.40 bits per heavy atom. The predicted molar refractivity (Wildman–Crippen MR) is 66.4 cm³/mol. The maximum absolute atomic E-state index is 11.4. The van der Waals surface area contributed by atoms with Gasteiger partial charge in [-0.05, 0) is 6.42 Å². The van der Waals surface area contributed by atoms with Crippen molar-refractivity contribution in [1.29, 1.82) is 0 Å². The Hall–Kier alpha value is -2.65. The standard InChI is InChI=1S/C10H16N6O4/c11-8(17)6-7(9(18)19)14-10(20)12-2-1-4-16-5-3-13-15-16/h3,5,7H,1-2,4,6H2,(H2,11,17)(H,18,19)(H2,12,14,20)/t7-/m0/s1. The van der Waals surface area contributed by atoms with E-state index in [2.05, 4.69) is 20.9 Å². The number of nitrogens with zero attached hydrogens (tertiary/aromatic N) is 3. The van der Waals surface area contributed by atoms with E-state index in [1.807, 2.05) is 0 Å². The van der Waals surface area contributed by atoms with Gasteiger partial charge in [0.05, 0.1) is 12.6 Å². The highest BCUT2D eigenvalue weighted by atomic mass is 16.4. The van der Waals surface area contributed by atoms with Gasteiger partial charge in [-0.2, -0.15) is 0 Å². The van der Waals surface area contributed by atoms with Crippen molar-refractivity contribution in [1.82, 2.24) is 25.6 Å². The van der Waals surface area contributed by atoms with Gasteiger partial charge in [-0.1, -0.05) is 5.21 Å². The lowest BCUT2D eigenvalue weighted by molar-refractivity contribution is -0.140. The minimum absolute atomic E-state index is 0.328. The lowest BCUT2D eigenvalue weighted by atomic mass is 10.2. The van der Waals surface area contributed by atoms with Crippen molar-refractivity contribution in [2.45, 2.75) is 25.4 Å². The number of primary amides is 1. The molecule has 0 aliphatic heterocycles. The average Bonchev–Trinajstić information content (AvgIpc) is 2.86. The molecule has 0 spiro atoms. The monoisotopic (exact) mass is 284 g/mol. The quantitative estimate of drug-likeness (QED) is 0.417. The number of aliphatic carboxylic acids is 1. The fraction of sp³-hybridized carbons (Fsp3) is 0.500. The SMILES string of the molecule is NC(=O)C[C@H](NC(=O)NCCCn1ccnn1)C(=O)O. The molecule has 1 atom stereocenters. The van der Waals surface area contributed by atoms with Crippen LogP contribution in [0.25, 0.3) is 0 Å². The average molecular weight is 284 g/mol. The number of carboxylic acid groups (broad SMARTS) is 1. The molecule has 1 aromatic heterocycles. The van der Waals surface area contributed by atoms with Gasteiger partial charge in [-0.25, -0.2) is 9.59 Å². The van der Waals surface area contributed by atoms with E-state index < -0.39 is 30.4 Å². The van der Waals surface area contributed by atoms with E-state index in [0.717, 1.165) is 0 Å². The Bertz CT molecular complexity index is 460. The third-order valence-corrected chi connectivity index (χ3v) is 2.33. The predicted octanol–water partition coefficient (Wildman–Crippen LogP) is -1.70. The molecule has 1 heterocycles. The van der Waals surface area contributed by atoms with Crippen molar-refractivity contribution in [3.63, 3.8) is 0 Å². The Labute approximate surface area is 114 Å². The van der Waals surface area contributed by atoms with Crippen LogP contribution in [-0.2, 0) is 16.1 Å². The van der Waals surface area contributed by atoms with E-state index in [1.54, 1.807) is 17.1 Å².